The number of aryl methyl sites for hydroxylation is 1. The molecule has 2 aromatic carbocycles. The highest BCUT2D eigenvalue weighted by Crippen LogP contribution is 2.28. The van der Waals surface area contributed by atoms with Crippen LogP contribution < -0.4 is 14.8 Å². The number of rotatable bonds is 7. The molecule has 23 heavy (non-hydrogen) atoms. The third-order valence-electron chi connectivity index (χ3n) is 3.18. The van der Waals surface area contributed by atoms with Crippen LogP contribution in [0.2, 0.25) is 0 Å². The van der Waals surface area contributed by atoms with Crippen LogP contribution in [0.3, 0.4) is 0 Å². The van der Waals surface area contributed by atoms with Crippen LogP contribution in [0.25, 0.3) is 0 Å². The summed E-state index contributed by atoms with van der Waals surface area (Å²) >= 11 is 0. The van der Waals surface area contributed by atoms with Crippen molar-refractivity contribution in [2.45, 2.75) is 20.5 Å². The topological polar surface area (TPSA) is 67.8 Å². The highest BCUT2D eigenvalue weighted by molar-refractivity contribution is 5.91. The van der Waals surface area contributed by atoms with Gasteiger partial charge in [-0.05, 0) is 43.7 Å². The Kier molecular flexibility index (Phi) is 6.00. The zero-order valence-corrected chi connectivity index (χ0v) is 13.3. The normalized spacial score (nSPS) is 10.2. The van der Waals surface area contributed by atoms with E-state index in [4.69, 9.17) is 14.6 Å². The average Bonchev–Trinajstić information content (AvgIpc) is 2.56. The van der Waals surface area contributed by atoms with Crippen LogP contribution in [0, 0.1) is 6.92 Å². The van der Waals surface area contributed by atoms with Crippen molar-refractivity contribution in [2.24, 2.45) is 0 Å². The van der Waals surface area contributed by atoms with Crippen LogP contribution in [-0.2, 0) is 11.4 Å². The lowest BCUT2D eigenvalue weighted by Crippen LogP contribution is -2.20. The van der Waals surface area contributed by atoms with Gasteiger partial charge in [-0.2, -0.15) is 0 Å². The van der Waals surface area contributed by atoms with Gasteiger partial charge >= 0.3 is 0 Å². The van der Waals surface area contributed by atoms with E-state index in [1.807, 2.05) is 38.1 Å². The number of carbonyl (C=O) groups is 1. The summed E-state index contributed by atoms with van der Waals surface area (Å²) in [6.07, 6.45) is 0. The minimum Gasteiger partial charge on any atom is -0.490 e. The predicted molar refractivity (Wildman–Crippen MR) is 88.8 cm³/mol. The van der Waals surface area contributed by atoms with E-state index in [2.05, 4.69) is 5.32 Å². The summed E-state index contributed by atoms with van der Waals surface area (Å²) in [6.45, 7) is 4.13. The third kappa shape index (κ3) is 5.00. The number of benzene rings is 2. The lowest BCUT2D eigenvalue weighted by atomic mass is 10.2. The van der Waals surface area contributed by atoms with E-state index in [0.717, 1.165) is 16.8 Å². The van der Waals surface area contributed by atoms with Crippen LogP contribution in [0.4, 0.5) is 5.69 Å². The van der Waals surface area contributed by atoms with E-state index in [1.165, 1.54) is 0 Å². The van der Waals surface area contributed by atoms with Crippen molar-refractivity contribution in [1.29, 1.82) is 0 Å². The minimum absolute atomic E-state index is 0.0751. The highest BCUT2D eigenvalue weighted by atomic mass is 16.5. The molecule has 122 valence electrons. The SMILES string of the molecule is CCOc1cc(CO)ccc1OCC(=O)Nc1ccc(C)cc1. The van der Waals surface area contributed by atoms with Gasteiger partial charge in [0.15, 0.2) is 18.1 Å². The van der Waals surface area contributed by atoms with E-state index in [1.54, 1.807) is 18.2 Å². The van der Waals surface area contributed by atoms with E-state index in [-0.39, 0.29) is 19.1 Å². The molecular weight excluding hydrogens is 294 g/mol. The molecule has 0 heterocycles. The summed E-state index contributed by atoms with van der Waals surface area (Å²) in [4.78, 5) is 11.9. The number of anilines is 1. The number of carbonyl (C=O) groups excluding carboxylic acids is 1. The largest absolute Gasteiger partial charge is 0.490 e. The summed E-state index contributed by atoms with van der Waals surface area (Å²) in [5.41, 5.74) is 2.58. The Bertz CT molecular complexity index is 653. The van der Waals surface area contributed by atoms with Gasteiger partial charge in [0.1, 0.15) is 0 Å². The third-order valence-corrected chi connectivity index (χ3v) is 3.18. The van der Waals surface area contributed by atoms with Crippen LogP contribution in [0.1, 0.15) is 18.1 Å². The molecule has 0 saturated carbocycles. The number of aliphatic hydroxyl groups excluding tert-OH is 1. The zero-order chi connectivity index (χ0) is 16.7. The van der Waals surface area contributed by atoms with Crippen LogP contribution in [-0.4, -0.2) is 24.2 Å². The Balaban J connectivity index is 1.96. The van der Waals surface area contributed by atoms with Crippen molar-refractivity contribution in [3.05, 3.63) is 53.6 Å². The fourth-order valence-electron chi connectivity index (χ4n) is 2.02. The van der Waals surface area contributed by atoms with Crippen molar-refractivity contribution < 1.29 is 19.4 Å². The van der Waals surface area contributed by atoms with E-state index >= 15 is 0 Å². The van der Waals surface area contributed by atoms with Gasteiger partial charge in [-0.15, -0.1) is 0 Å². The molecule has 2 N–H and O–H groups in total. The standard InChI is InChI=1S/C18H21NO4/c1-3-22-17-10-14(11-20)6-9-16(17)23-12-18(21)19-15-7-4-13(2)5-8-15/h4-10,20H,3,11-12H2,1-2H3,(H,19,21). The van der Waals surface area contributed by atoms with Crippen LogP contribution >= 0.6 is 0 Å². The molecule has 0 unspecified atom stereocenters. The second-order valence-electron chi connectivity index (χ2n) is 5.08. The molecule has 1 amide bonds. The molecule has 0 saturated heterocycles. The number of hydrogen-bond acceptors (Lipinski definition) is 4. The average molecular weight is 315 g/mol. The molecule has 5 nitrogen and oxygen atoms in total. The van der Waals surface area contributed by atoms with Gasteiger partial charge in [0.2, 0.25) is 0 Å². The van der Waals surface area contributed by atoms with Crippen molar-refractivity contribution >= 4 is 11.6 Å². The quantitative estimate of drug-likeness (QED) is 0.824. The van der Waals surface area contributed by atoms with Crippen LogP contribution in [0.15, 0.2) is 42.5 Å². The molecule has 2 rings (SSSR count). The number of amides is 1. The summed E-state index contributed by atoms with van der Waals surface area (Å²) in [6, 6.07) is 12.7. The van der Waals surface area contributed by atoms with Gasteiger partial charge in [-0.1, -0.05) is 23.8 Å². The molecule has 0 aromatic heterocycles. The Hall–Kier alpha value is -2.53. The first-order chi connectivity index (χ1) is 11.1. The minimum atomic E-state index is -0.248. The van der Waals surface area contributed by atoms with Gasteiger partial charge in [-0.25, -0.2) is 0 Å². The monoisotopic (exact) mass is 315 g/mol. The number of hydrogen-bond donors (Lipinski definition) is 2. The van der Waals surface area contributed by atoms with Crippen molar-refractivity contribution in [2.75, 3.05) is 18.5 Å². The first-order valence-electron chi connectivity index (χ1n) is 7.48. The molecule has 0 aliphatic carbocycles. The second kappa shape index (κ2) is 8.19. The molecule has 0 spiro atoms. The van der Waals surface area contributed by atoms with Crippen LogP contribution in [0.5, 0.6) is 11.5 Å². The Morgan fingerprint density at radius 1 is 1.09 bits per heavy atom. The Labute approximate surface area is 135 Å². The number of aliphatic hydroxyl groups is 1. The number of nitrogens with one attached hydrogen (secondary N) is 1. The molecule has 2 aromatic rings. The van der Waals surface area contributed by atoms with Gasteiger partial charge in [0.25, 0.3) is 5.91 Å². The fourth-order valence-corrected chi connectivity index (χ4v) is 2.02. The first-order valence-corrected chi connectivity index (χ1v) is 7.48. The fraction of sp³-hybridized carbons (Fsp3) is 0.278. The number of ether oxygens (including phenoxy) is 2. The second-order valence-corrected chi connectivity index (χ2v) is 5.08. The molecule has 0 aliphatic heterocycles. The smallest absolute Gasteiger partial charge is 0.262 e. The van der Waals surface area contributed by atoms with E-state index in [9.17, 15) is 4.79 Å². The molecule has 0 fully saturated rings. The van der Waals surface area contributed by atoms with Crippen molar-refractivity contribution in [3.8, 4) is 11.5 Å². The maximum atomic E-state index is 11.9. The molecule has 0 atom stereocenters. The molecule has 0 bridgehead atoms. The Morgan fingerprint density at radius 3 is 2.48 bits per heavy atom. The predicted octanol–water partition coefficient (Wildman–Crippen LogP) is 2.90. The molecular formula is C18H21NO4. The maximum absolute atomic E-state index is 11.9. The summed E-state index contributed by atoms with van der Waals surface area (Å²) in [7, 11) is 0. The van der Waals surface area contributed by atoms with Gasteiger partial charge in [0, 0.05) is 5.69 Å². The van der Waals surface area contributed by atoms with Gasteiger partial charge in [0.05, 0.1) is 13.2 Å². The summed E-state index contributed by atoms with van der Waals surface area (Å²) in [5, 5.41) is 11.9. The van der Waals surface area contributed by atoms with Gasteiger partial charge < -0.3 is 19.9 Å². The first kappa shape index (κ1) is 16.8. The molecule has 0 aliphatic rings. The van der Waals surface area contributed by atoms with Crippen molar-refractivity contribution in [1.82, 2.24) is 0 Å². The molecule has 0 radical (unpaired) electrons. The lowest BCUT2D eigenvalue weighted by Gasteiger charge is -2.13. The maximum Gasteiger partial charge on any atom is 0.262 e. The van der Waals surface area contributed by atoms with Crippen molar-refractivity contribution in [3.63, 3.8) is 0 Å². The van der Waals surface area contributed by atoms with E-state index in [0.29, 0.717) is 18.1 Å². The lowest BCUT2D eigenvalue weighted by molar-refractivity contribution is -0.118. The summed E-state index contributed by atoms with van der Waals surface area (Å²) in [5.74, 6) is 0.743. The summed E-state index contributed by atoms with van der Waals surface area (Å²) < 4.78 is 11.0. The zero-order valence-electron chi connectivity index (χ0n) is 13.3. The van der Waals surface area contributed by atoms with Gasteiger partial charge in [-0.3, -0.25) is 4.79 Å². The Morgan fingerprint density at radius 2 is 1.83 bits per heavy atom. The highest BCUT2D eigenvalue weighted by Gasteiger charge is 2.09. The van der Waals surface area contributed by atoms with E-state index < -0.39 is 0 Å². The molecule has 5 heteroatoms.